The fraction of sp³-hybridized carbons (Fsp3) is 0. The van der Waals surface area contributed by atoms with Gasteiger partial charge in [-0.3, -0.25) is 0 Å². The third-order valence-corrected chi connectivity index (χ3v) is 15.0. The molecule has 59 heavy (non-hydrogen) atoms. The molecule has 276 valence electrons. The first-order chi connectivity index (χ1) is 44.2. The first kappa shape index (κ1) is 13.9. The summed E-state index contributed by atoms with van der Waals surface area (Å²) in [7, 11) is -6.46. The molecule has 9 aromatic carbocycles. The van der Waals surface area contributed by atoms with E-state index in [9.17, 15) is 21.9 Å². The van der Waals surface area contributed by atoms with Crippen LogP contribution in [-0.2, 0) is 0 Å². The van der Waals surface area contributed by atoms with Crippen LogP contribution in [0.3, 0.4) is 0 Å². The van der Waals surface area contributed by atoms with Gasteiger partial charge >= 0.3 is 0 Å². The molecular weight excluding hydrogens is 750 g/mol. The average Bonchev–Trinajstić information content (AvgIpc) is 1.11. The number of rotatable bonds is 6. The monoisotopic (exact) mass is 821 g/mol. The van der Waals surface area contributed by atoms with E-state index in [1.807, 2.05) is 0 Å². The molecule has 0 bridgehead atoms. The van der Waals surface area contributed by atoms with E-state index in [0.29, 0.717) is 16.2 Å². The van der Waals surface area contributed by atoms with E-state index < -0.39 is 329 Å². The average molecular weight is 822 g/mol. The molecule has 0 fully saturated rings. The molecular formula is C54H36BNOSSi. The van der Waals surface area contributed by atoms with Crippen LogP contribution in [-0.4, -0.2) is 18.6 Å². The Morgan fingerprint density at radius 1 is 0.458 bits per heavy atom. The van der Waals surface area contributed by atoms with Crippen LogP contribution in [0.15, 0.2) is 222 Å². The van der Waals surface area contributed by atoms with Gasteiger partial charge in [0.05, 0.1) is 60.4 Å². The van der Waals surface area contributed by atoms with E-state index in [2.05, 4.69) is 0 Å². The molecule has 10 aromatic rings. The molecule has 12 rings (SSSR count). The van der Waals surface area contributed by atoms with Crippen LogP contribution in [0, 0.1) is 0 Å². The highest BCUT2D eigenvalue weighted by atomic mass is 32.2. The molecule has 0 saturated carbocycles. The second-order valence-corrected chi connectivity index (χ2v) is 17.4. The lowest BCUT2D eigenvalue weighted by Gasteiger charge is -2.36. The zero-order valence-electron chi connectivity index (χ0n) is 65.3. The molecule has 0 saturated heterocycles. The zero-order valence-corrected chi connectivity index (χ0v) is 31.2. The fourth-order valence-electron chi connectivity index (χ4n) is 7.35. The predicted molar refractivity (Wildman–Crippen MR) is 253 cm³/mol. The second kappa shape index (κ2) is 13.7. The molecule has 0 unspecified atom stereocenters. The van der Waals surface area contributed by atoms with Gasteiger partial charge < -0.3 is 9.30 Å². The van der Waals surface area contributed by atoms with Gasteiger partial charge in [0.1, 0.15) is 11.5 Å². The van der Waals surface area contributed by atoms with Gasteiger partial charge in [0.15, 0.2) is 8.07 Å². The molecule has 5 heteroatoms. The van der Waals surface area contributed by atoms with Crippen LogP contribution in [0.2, 0.25) is 0 Å². The Hall–Kier alpha value is -6.79. The van der Waals surface area contributed by atoms with Crippen LogP contribution < -0.4 is 36.4 Å². The third kappa shape index (κ3) is 5.28. The lowest BCUT2D eigenvalue weighted by Crippen LogP contribution is -2.74. The molecule has 2 nitrogen and oxygen atoms in total. The summed E-state index contributed by atoms with van der Waals surface area (Å²) in [6.07, 6.45) is 0. The highest BCUT2D eigenvalue weighted by molar-refractivity contribution is 8.28. The van der Waals surface area contributed by atoms with Crippen molar-refractivity contribution in [1.82, 2.24) is 4.57 Å². The van der Waals surface area contributed by atoms with Gasteiger partial charge in [-0.2, -0.15) is 11.6 Å². The molecule has 2 aliphatic rings. The quantitative estimate of drug-likeness (QED) is 0.123. The first-order valence-electron chi connectivity index (χ1n) is 35.3. The number of benzene rings is 9. The van der Waals surface area contributed by atoms with Crippen molar-refractivity contribution in [1.29, 1.82) is 0 Å². The van der Waals surface area contributed by atoms with E-state index >= 15 is 0 Å². The summed E-state index contributed by atoms with van der Waals surface area (Å²) in [6.45, 7) is 0. The molecule has 0 radical (unpaired) electrons. The van der Waals surface area contributed by atoms with Crippen molar-refractivity contribution in [3.8, 4) is 39.4 Å². The zero-order chi connectivity index (χ0) is 70.2. The number of hydrogen-bond acceptors (Lipinski definition) is 2. The summed E-state index contributed by atoms with van der Waals surface area (Å²) in [5.41, 5.74) is -6.60. The maximum Gasteiger partial charge on any atom is 0.289 e. The van der Waals surface area contributed by atoms with Crippen molar-refractivity contribution in [3.63, 3.8) is 0 Å². The highest BCUT2D eigenvalue weighted by Crippen LogP contribution is 2.45. The Labute approximate surface area is 400 Å². The Bertz CT molecular complexity index is 5030. The van der Waals surface area contributed by atoms with Crippen LogP contribution in [0.5, 0.6) is 11.5 Å². The molecule has 0 amide bonds. The van der Waals surface area contributed by atoms with Crippen molar-refractivity contribution in [3.05, 3.63) is 218 Å². The van der Waals surface area contributed by atoms with Crippen LogP contribution in [0.1, 0.15) is 49.3 Å². The summed E-state index contributed by atoms with van der Waals surface area (Å²) in [6, 6.07) is -39.6. The van der Waals surface area contributed by atoms with Gasteiger partial charge in [0.2, 0.25) is 0 Å². The SMILES string of the molecule is [2H]c1c([2H])c([2H])c([Si](c2c([2H])c([2H])c([2H])c([2H])c2[2H])(c2c([2H])c([2H])c([2H])c([2H])c2[2H])c2c([2H])c([2H])c3c(c2[2H])SB2c4c([2H])c([2H])c([2H])c([2H])c4Oc4c([2H])c(-c5c([2H])c([2H])c([2H])c(-n6c7c([2H])c([2H])c([2H])c([2H])c7c7c([2H])c([2H])c([2H])c([2H])c76)c5[2H])c([2H])c-3c42)c([2H])c1[2H]. The second-order valence-electron chi connectivity index (χ2n) is 12.8. The Morgan fingerprint density at radius 3 is 1.71 bits per heavy atom. The van der Waals surface area contributed by atoms with Crippen molar-refractivity contribution < 1.29 is 54.1 Å². The van der Waals surface area contributed by atoms with Crippen molar-refractivity contribution in [2.75, 3.05) is 0 Å². The Morgan fingerprint density at radius 2 is 1.05 bits per heavy atom. The molecule has 0 atom stereocenters. The molecule has 2 aliphatic heterocycles. The molecule has 0 aliphatic carbocycles. The van der Waals surface area contributed by atoms with Crippen LogP contribution in [0.4, 0.5) is 0 Å². The van der Waals surface area contributed by atoms with Crippen LogP contribution in [0.25, 0.3) is 49.7 Å². The van der Waals surface area contributed by atoms with Crippen molar-refractivity contribution in [2.45, 2.75) is 4.90 Å². The predicted octanol–water partition coefficient (Wildman–Crippen LogP) is 9.81. The Kier molecular flexibility index (Phi) is 3.22. The minimum Gasteiger partial charge on any atom is -0.458 e. The number of nitrogens with zero attached hydrogens (tertiary/aromatic N) is 1. The van der Waals surface area contributed by atoms with Crippen molar-refractivity contribution >= 4 is 79.2 Å². The first-order valence-corrected chi connectivity index (χ1v) is 20.2. The summed E-state index contributed by atoms with van der Waals surface area (Å²) in [5.74, 6) is -3.31. The number of aromatic nitrogens is 1. The maximum absolute atomic E-state index is 10.6. The van der Waals surface area contributed by atoms with Gasteiger partial charge in [-0.05, 0) is 102 Å². The lowest BCUT2D eigenvalue weighted by atomic mass is 9.57. The van der Waals surface area contributed by atoms with E-state index in [4.69, 9.17) is 32.2 Å². The molecule has 0 N–H and O–H groups in total. The maximum atomic E-state index is 10.6. The smallest absolute Gasteiger partial charge is 0.289 e. The number of hydrogen-bond donors (Lipinski definition) is 0. The topological polar surface area (TPSA) is 14.2 Å². The number of fused-ring (bicyclic) bond motifs is 7. The number of ether oxygens (including phenoxy) is 1. The molecule has 3 heterocycles. The van der Waals surface area contributed by atoms with E-state index in [1.165, 1.54) is 0 Å². The third-order valence-electron chi connectivity index (χ3n) is 9.79. The van der Waals surface area contributed by atoms with Gasteiger partial charge in [0, 0.05) is 21.4 Å². The minimum atomic E-state index is -6.46. The highest BCUT2D eigenvalue weighted by Gasteiger charge is 2.44. The van der Waals surface area contributed by atoms with E-state index in [1.54, 1.807) is 0 Å². The van der Waals surface area contributed by atoms with Gasteiger partial charge in [-0.25, -0.2) is 0 Å². The van der Waals surface area contributed by atoms with E-state index in [0.717, 1.165) is 0 Å². The molecule has 0 spiro atoms. The van der Waals surface area contributed by atoms with Crippen molar-refractivity contribution in [2.24, 2.45) is 0 Å². The van der Waals surface area contributed by atoms with Gasteiger partial charge in [-0.1, -0.05) is 169 Å². The summed E-state index contributed by atoms with van der Waals surface area (Å²) in [4.78, 5) is -0.708. The minimum absolute atomic E-state index is 0.391. The fourth-order valence-corrected chi connectivity index (χ4v) is 12.3. The largest absolute Gasteiger partial charge is 0.458 e. The summed E-state index contributed by atoms with van der Waals surface area (Å²) in [5, 5.41) is -5.70. The molecule has 1 aromatic heterocycles. The summed E-state index contributed by atoms with van der Waals surface area (Å²) < 4.78 is 341. The van der Waals surface area contributed by atoms with Gasteiger partial charge in [0.25, 0.3) is 5.99 Å². The van der Waals surface area contributed by atoms with E-state index in [-0.39, 0.29) is 0 Å². The summed E-state index contributed by atoms with van der Waals surface area (Å²) >= 11 is 0.391. The number of para-hydroxylation sites is 3. The normalized spacial score (nSPS) is 21.3. The standard InChI is InChI=1S/C54H36BNOSSi/c1-4-19-40(20-5-1)59(41-21-6-2-7-22-41,42-23-8-3-9-24-42)43-31-32-46-47-34-38(35-52-54(47)55(58-53(46)36-43)48-27-12-15-30-51(48)57-52)37-17-16-18-39(33-37)56-49-28-13-10-25-44(49)45-26-11-14-29-50(45)56/h1-36H/i1D,2D,3D,4D,5D,6D,7D,8D,9D,10D,11D,12D,13D,14D,15D,16D,17D,18D,19D,20D,21D,22D,23D,24D,25D,26D,27D,28D,29D,30D,31D,32D,33D,34D,35D,36D. The Balaban J connectivity index is 1.33. The van der Waals surface area contributed by atoms with Crippen LogP contribution >= 0.6 is 11.6 Å². The van der Waals surface area contributed by atoms with Gasteiger partial charge in [-0.15, -0.1) is 0 Å². The lowest BCUT2D eigenvalue weighted by molar-refractivity contribution is 0.488.